The van der Waals surface area contributed by atoms with Crippen LogP contribution >= 0.6 is 0 Å². The highest BCUT2D eigenvalue weighted by Crippen LogP contribution is 2.25. The quantitative estimate of drug-likeness (QED) is 0.783. The first-order valence-electron chi connectivity index (χ1n) is 8.16. The molecule has 1 aromatic rings. The highest BCUT2D eigenvalue weighted by atomic mass is 32.2. The van der Waals surface area contributed by atoms with Gasteiger partial charge in [-0.25, -0.2) is 4.79 Å². The van der Waals surface area contributed by atoms with E-state index in [0.29, 0.717) is 35.8 Å². The molecule has 1 aliphatic rings. The van der Waals surface area contributed by atoms with Crippen molar-refractivity contribution >= 4 is 22.5 Å². The van der Waals surface area contributed by atoms with E-state index >= 15 is 0 Å². The van der Waals surface area contributed by atoms with E-state index in [1.165, 1.54) is 19.3 Å². The van der Waals surface area contributed by atoms with Crippen molar-refractivity contribution in [3.8, 4) is 0 Å². The zero-order valence-corrected chi connectivity index (χ0v) is 14.7. The Balaban J connectivity index is 1.69. The van der Waals surface area contributed by atoms with Crippen LogP contribution in [0.1, 0.15) is 32.6 Å². The monoisotopic (exact) mass is 338 g/mol. The zero-order valence-electron chi connectivity index (χ0n) is 13.8. The molecule has 2 amide bonds. The first-order valence-corrected chi connectivity index (χ1v) is 9.72. The lowest BCUT2D eigenvalue weighted by atomic mass is 9.88. The van der Waals surface area contributed by atoms with Crippen LogP contribution < -0.4 is 10.6 Å². The number of nitrogens with one attached hydrogen (secondary N) is 2. The van der Waals surface area contributed by atoms with Gasteiger partial charge in [0.25, 0.3) is 0 Å². The lowest BCUT2D eigenvalue weighted by Gasteiger charge is -2.28. The summed E-state index contributed by atoms with van der Waals surface area (Å²) in [6.45, 7) is 3.24. The number of anilines is 1. The van der Waals surface area contributed by atoms with Gasteiger partial charge in [-0.2, -0.15) is 0 Å². The van der Waals surface area contributed by atoms with Crippen molar-refractivity contribution in [3.05, 3.63) is 24.3 Å². The van der Waals surface area contributed by atoms with Gasteiger partial charge >= 0.3 is 6.03 Å². The summed E-state index contributed by atoms with van der Waals surface area (Å²) in [6.07, 6.45) is 6.82. The third kappa shape index (κ3) is 5.95. The molecule has 23 heavy (non-hydrogen) atoms. The van der Waals surface area contributed by atoms with Gasteiger partial charge in [0.1, 0.15) is 0 Å². The van der Waals surface area contributed by atoms with Gasteiger partial charge in [0.2, 0.25) is 0 Å². The van der Waals surface area contributed by atoms with Crippen molar-refractivity contribution in [1.82, 2.24) is 5.32 Å². The van der Waals surface area contributed by atoms with Crippen LogP contribution in [0.4, 0.5) is 10.5 Å². The summed E-state index contributed by atoms with van der Waals surface area (Å²) in [7, 11) is -1.06. The predicted molar refractivity (Wildman–Crippen MR) is 93.2 cm³/mol. The fourth-order valence-corrected chi connectivity index (χ4v) is 3.40. The molecule has 128 valence electrons. The van der Waals surface area contributed by atoms with Crippen LogP contribution in [-0.2, 0) is 15.5 Å². The second kappa shape index (κ2) is 9.03. The molecule has 1 saturated carbocycles. The molecule has 1 aromatic carbocycles. The predicted octanol–water partition coefficient (Wildman–Crippen LogP) is 3.14. The molecule has 0 radical (unpaired) electrons. The second-order valence-corrected chi connectivity index (χ2v) is 7.41. The third-order valence-corrected chi connectivity index (χ3v) is 5.09. The Morgan fingerprint density at radius 2 is 2.13 bits per heavy atom. The highest BCUT2D eigenvalue weighted by Gasteiger charge is 2.21. The van der Waals surface area contributed by atoms with E-state index in [4.69, 9.17) is 4.74 Å². The first-order chi connectivity index (χ1) is 11.1. The first kappa shape index (κ1) is 17.9. The zero-order chi connectivity index (χ0) is 16.7. The summed E-state index contributed by atoms with van der Waals surface area (Å²) in [5, 5.41) is 5.53. The largest absolute Gasteiger partial charge is 0.376 e. The van der Waals surface area contributed by atoms with E-state index in [9.17, 15) is 9.00 Å². The molecule has 1 fully saturated rings. The molecular formula is C17H26N2O3S. The Morgan fingerprint density at radius 3 is 2.87 bits per heavy atom. The molecule has 0 aromatic heterocycles. The lowest BCUT2D eigenvalue weighted by molar-refractivity contribution is -0.00232. The Kier molecular flexibility index (Phi) is 7.05. The molecule has 6 heteroatoms. The molecule has 2 rings (SSSR count). The maximum Gasteiger partial charge on any atom is 0.319 e. The summed E-state index contributed by atoms with van der Waals surface area (Å²) in [5.74, 6) is 0.607. The molecule has 0 spiro atoms. The van der Waals surface area contributed by atoms with Crippen LogP contribution in [0, 0.1) is 5.92 Å². The summed E-state index contributed by atoms with van der Waals surface area (Å²) in [4.78, 5) is 12.5. The fourth-order valence-electron chi connectivity index (χ4n) is 2.83. The van der Waals surface area contributed by atoms with Crippen molar-refractivity contribution in [1.29, 1.82) is 0 Å². The van der Waals surface area contributed by atoms with Crippen LogP contribution in [-0.4, -0.2) is 35.8 Å². The number of urea groups is 1. The third-order valence-electron chi connectivity index (χ3n) is 4.18. The highest BCUT2D eigenvalue weighted by molar-refractivity contribution is 7.84. The summed E-state index contributed by atoms with van der Waals surface area (Å²) < 4.78 is 17.3. The molecule has 1 aliphatic carbocycles. The summed E-state index contributed by atoms with van der Waals surface area (Å²) in [6, 6.07) is 6.77. The van der Waals surface area contributed by atoms with Gasteiger partial charge in [0.15, 0.2) is 0 Å². The van der Waals surface area contributed by atoms with Gasteiger partial charge in [-0.15, -0.1) is 0 Å². The molecule has 5 nitrogen and oxygen atoms in total. The van der Waals surface area contributed by atoms with E-state index in [1.54, 1.807) is 30.5 Å². The SMILES string of the molecule is C[C@@H]1CCCC[C@H]1OCCNC(=O)Nc1cccc([S@](C)=O)c1. The van der Waals surface area contributed by atoms with Gasteiger partial charge in [0.05, 0.1) is 12.7 Å². The average Bonchev–Trinajstić information content (AvgIpc) is 2.53. The van der Waals surface area contributed by atoms with Crippen molar-refractivity contribution in [2.45, 2.75) is 43.6 Å². The Labute approximate surface area is 140 Å². The van der Waals surface area contributed by atoms with Crippen LogP contribution in [0.3, 0.4) is 0 Å². The number of amides is 2. The summed E-state index contributed by atoms with van der Waals surface area (Å²) in [5.41, 5.74) is 0.636. The summed E-state index contributed by atoms with van der Waals surface area (Å²) >= 11 is 0. The lowest BCUT2D eigenvalue weighted by Crippen LogP contribution is -2.34. The Morgan fingerprint density at radius 1 is 1.35 bits per heavy atom. The molecule has 3 atom stereocenters. The minimum atomic E-state index is -1.06. The van der Waals surface area contributed by atoms with E-state index in [1.807, 2.05) is 0 Å². The fraction of sp³-hybridized carbons (Fsp3) is 0.588. The number of rotatable bonds is 6. The molecular weight excluding hydrogens is 312 g/mol. The molecule has 2 N–H and O–H groups in total. The second-order valence-electron chi connectivity index (χ2n) is 6.03. The maximum atomic E-state index is 11.9. The van der Waals surface area contributed by atoms with E-state index in [0.717, 1.165) is 6.42 Å². The number of hydrogen-bond acceptors (Lipinski definition) is 3. The van der Waals surface area contributed by atoms with Crippen molar-refractivity contribution in [2.75, 3.05) is 24.7 Å². The van der Waals surface area contributed by atoms with Gasteiger partial charge in [0, 0.05) is 34.2 Å². The topological polar surface area (TPSA) is 67.4 Å². The van der Waals surface area contributed by atoms with Crippen molar-refractivity contribution in [2.24, 2.45) is 5.92 Å². The number of benzene rings is 1. The number of carbonyl (C=O) groups excluding carboxylic acids is 1. The van der Waals surface area contributed by atoms with Gasteiger partial charge in [-0.1, -0.05) is 25.8 Å². The molecule has 0 saturated heterocycles. The number of carbonyl (C=O) groups is 1. The molecule has 0 aliphatic heterocycles. The average molecular weight is 338 g/mol. The minimum Gasteiger partial charge on any atom is -0.376 e. The minimum absolute atomic E-state index is 0.274. The Bertz CT molecular complexity index is 550. The number of ether oxygens (including phenoxy) is 1. The van der Waals surface area contributed by atoms with Gasteiger partial charge in [-0.05, 0) is 37.0 Å². The number of hydrogen-bond donors (Lipinski definition) is 2. The van der Waals surface area contributed by atoms with Crippen LogP contribution in [0.2, 0.25) is 0 Å². The van der Waals surface area contributed by atoms with E-state index in [-0.39, 0.29) is 6.03 Å². The van der Waals surface area contributed by atoms with Crippen molar-refractivity contribution < 1.29 is 13.7 Å². The smallest absolute Gasteiger partial charge is 0.319 e. The standard InChI is InChI=1S/C17H26N2O3S/c1-13-6-3-4-9-16(13)22-11-10-18-17(20)19-14-7-5-8-15(12-14)23(2)21/h5,7-8,12-13,16H,3-4,6,9-11H2,1-2H3,(H2,18,19,20)/t13-,16-,23+/m1/s1. The van der Waals surface area contributed by atoms with Gasteiger partial charge in [-0.3, -0.25) is 4.21 Å². The molecule has 0 heterocycles. The van der Waals surface area contributed by atoms with Gasteiger partial charge < -0.3 is 15.4 Å². The molecule has 0 bridgehead atoms. The van der Waals surface area contributed by atoms with E-state index in [2.05, 4.69) is 17.6 Å². The molecule has 0 unspecified atom stereocenters. The van der Waals surface area contributed by atoms with Crippen LogP contribution in [0.5, 0.6) is 0 Å². The van der Waals surface area contributed by atoms with Crippen LogP contribution in [0.15, 0.2) is 29.2 Å². The normalized spacial score (nSPS) is 22.3. The van der Waals surface area contributed by atoms with Crippen LogP contribution in [0.25, 0.3) is 0 Å². The van der Waals surface area contributed by atoms with Crippen molar-refractivity contribution in [3.63, 3.8) is 0 Å². The maximum absolute atomic E-state index is 11.9. The Hall–Kier alpha value is -1.40. The van der Waals surface area contributed by atoms with E-state index < -0.39 is 10.8 Å².